The van der Waals surface area contributed by atoms with Crippen LogP contribution in [0.15, 0.2) is 18.2 Å². The van der Waals surface area contributed by atoms with Crippen LogP contribution < -0.4 is 5.32 Å². The second-order valence-corrected chi connectivity index (χ2v) is 8.08. The summed E-state index contributed by atoms with van der Waals surface area (Å²) in [6, 6.07) is 5.49. The number of ether oxygens (including phenoxy) is 1. The molecule has 2 aliphatic rings. The number of amides is 3. The number of carbonyl (C=O) groups is 2. The number of halogens is 1. The maximum atomic E-state index is 12.5. The van der Waals surface area contributed by atoms with Crippen molar-refractivity contribution in [3.63, 3.8) is 0 Å². The number of nitrogens with one attached hydrogen (secondary N) is 1. The molecule has 0 aromatic heterocycles. The quantitative estimate of drug-likeness (QED) is 0.834. The second kappa shape index (κ2) is 8.93. The minimum absolute atomic E-state index is 0.114. The summed E-state index contributed by atoms with van der Waals surface area (Å²) in [5, 5.41) is 3.45. The molecule has 3 rings (SSSR count). The zero-order valence-corrected chi connectivity index (χ0v) is 16.8. The number of rotatable bonds is 5. The fourth-order valence-electron chi connectivity index (χ4n) is 3.92. The molecule has 2 saturated heterocycles. The summed E-state index contributed by atoms with van der Waals surface area (Å²) in [7, 11) is 1.68. The Bertz CT molecular complexity index is 689. The van der Waals surface area contributed by atoms with Crippen molar-refractivity contribution in [3.05, 3.63) is 28.8 Å². The average Bonchev–Trinajstić information content (AvgIpc) is 2.97. The molecule has 6 nitrogen and oxygen atoms in total. The van der Waals surface area contributed by atoms with Gasteiger partial charge in [-0.3, -0.25) is 4.79 Å². The van der Waals surface area contributed by atoms with E-state index in [1.807, 2.05) is 34.9 Å². The standard InChI is InChI=1S/C20H28ClN3O3/c1-14-3-4-18(17(21)9-14)22-20(26)23-7-5-15(6-8-23)11-24-12-16(13-27-2)10-19(24)25/h3-4,9,15-16H,5-8,10-13H2,1-2H3,(H,22,26). The molecule has 1 atom stereocenters. The molecule has 0 bridgehead atoms. The van der Waals surface area contributed by atoms with E-state index in [1.54, 1.807) is 7.11 Å². The molecule has 0 spiro atoms. The zero-order chi connectivity index (χ0) is 19.4. The van der Waals surface area contributed by atoms with Crippen LogP contribution in [-0.2, 0) is 9.53 Å². The monoisotopic (exact) mass is 393 g/mol. The number of nitrogens with zero attached hydrogens (tertiary/aromatic N) is 2. The molecule has 2 aliphatic heterocycles. The number of carbonyl (C=O) groups excluding carboxylic acids is 2. The summed E-state index contributed by atoms with van der Waals surface area (Å²) in [6.07, 6.45) is 2.41. The number of aryl methyl sites for hydroxylation is 1. The summed E-state index contributed by atoms with van der Waals surface area (Å²) in [5.41, 5.74) is 1.70. The van der Waals surface area contributed by atoms with Crippen LogP contribution in [0.1, 0.15) is 24.8 Å². The molecule has 3 amide bonds. The van der Waals surface area contributed by atoms with Crippen molar-refractivity contribution >= 4 is 29.2 Å². The largest absolute Gasteiger partial charge is 0.384 e. The summed E-state index contributed by atoms with van der Waals surface area (Å²) in [6.45, 7) is 5.58. The predicted octanol–water partition coefficient (Wildman–Crippen LogP) is 3.39. The lowest BCUT2D eigenvalue weighted by atomic mass is 9.96. The SMILES string of the molecule is COCC1CC(=O)N(CC2CCN(C(=O)Nc3ccc(C)cc3Cl)CC2)C1. The van der Waals surface area contributed by atoms with Gasteiger partial charge in [0.05, 0.1) is 17.3 Å². The van der Waals surface area contributed by atoms with Crippen LogP contribution in [0.2, 0.25) is 5.02 Å². The lowest BCUT2D eigenvalue weighted by molar-refractivity contribution is -0.128. The third-order valence-electron chi connectivity index (χ3n) is 5.44. The minimum Gasteiger partial charge on any atom is -0.384 e. The van der Waals surface area contributed by atoms with E-state index in [-0.39, 0.29) is 11.9 Å². The van der Waals surface area contributed by atoms with Gasteiger partial charge in [-0.25, -0.2) is 4.79 Å². The molecule has 0 saturated carbocycles. The molecule has 0 radical (unpaired) electrons. The number of benzene rings is 1. The van der Waals surface area contributed by atoms with Crippen LogP contribution in [0.4, 0.5) is 10.5 Å². The van der Waals surface area contributed by atoms with Gasteiger partial charge >= 0.3 is 6.03 Å². The van der Waals surface area contributed by atoms with Gasteiger partial charge in [0.2, 0.25) is 5.91 Å². The molecular weight excluding hydrogens is 366 g/mol. The van der Waals surface area contributed by atoms with E-state index in [0.29, 0.717) is 48.7 Å². The van der Waals surface area contributed by atoms with Crippen LogP contribution in [0, 0.1) is 18.8 Å². The van der Waals surface area contributed by atoms with Crippen molar-refractivity contribution in [2.45, 2.75) is 26.2 Å². The van der Waals surface area contributed by atoms with E-state index in [1.165, 1.54) is 0 Å². The lowest BCUT2D eigenvalue weighted by Gasteiger charge is -2.34. The Morgan fingerprint density at radius 1 is 1.30 bits per heavy atom. The first-order valence-corrected chi connectivity index (χ1v) is 9.93. The molecule has 0 aliphatic carbocycles. The number of hydrogen-bond acceptors (Lipinski definition) is 3. The molecule has 1 N–H and O–H groups in total. The Morgan fingerprint density at radius 2 is 2.04 bits per heavy atom. The highest BCUT2D eigenvalue weighted by Crippen LogP contribution is 2.26. The third kappa shape index (κ3) is 5.14. The molecule has 27 heavy (non-hydrogen) atoms. The first kappa shape index (κ1) is 20.0. The lowest BCUT2D eigenvalue weighted by Crippen LogP contribution is -2.43. The highest BCUT2D eigenvalue weighted by atomic mass is 35.5. The van der Waals surface area contributed by atoms with Gasteiger partial charge < -0.3 is 19.9 Å². The Kier molecular flexibility index (Phi) is 6.60. The fourth-order valence-corrected chi connectivity index (χ4v) is 4.21. The molecule has 7 heteroatoms. The smallest absolute Gasteiger partial charge is 0.321 e. The summed E-state index contributed by atoms with van der Waals surface area (Å²) in [5.74, 6) is 0.987. The van der Waals surface area contributed by atoms with Gasteiger partial charge in [-0.2, -0.15) is 0 Å². The van der Waals surface area contributed by atoms with E-state index in [2.05, 4.69) is 5.32 Å². The zero-order valence-electron chi connectivity index (χ0n) is 16.0. The third-order valence-corrected chi connectivity index (χ3v) is 5.76. The molecule has 2 heterocycles. The highest BCUT2D eigenvalue weighted by molar-refractivity contribution is 6.33. The summed E-state index contributed by atoms with van der Waals surface area (Å²) >= 11 is 6.20. The number of anilines is 1. The van der Waals surface area contributed by atoms with Crippen molar-refractivity contribution < 1.29 is 14.3 Å². The van der Waals surface area contributed by atoms with Gasteiger partial charge in [0.25, 0.3) is 0 Å². The Morgan fingerprint density at radius 3 is 2.70 bits per heavy atom. The van der Waals surface area contributed by atoms with Crippen molar-refractivity contribution in [1.29, 1.82) is 0 Å². The van der Waals surface area contributed by atoms with Gasteiger partial charge in [-0.15, -0.1) is 0 Å². The van der Waals surface area contributed by atoms with E-state index >= 15 is 0 Å². The molecule has 1 unspecified atom stereocenters. The number of urea groups is 1. The van der Waals surface area contributed by atoms with Crippen LogP contribution in [0.5, 0.6) is 0 Å². The molecule has 1 aromatic carbocycles. The number of piperidine rings is 1. The topological polar surface area (TPSA) is 61.9 Å². The molecule has 1 aromatic rings. The number of hydrogen-bond donors (Lipinski definition) is 1. The molecular formula is C20H28ClN3O3. The second-order valence-electron chi connectivity index (χ2n) is 7.67. The van der Waals surface area contributed by atoms with Gasteiger partial charge in [0.15, 0.2) is 0 Å². The van der Waals surface area contributed by atoms with Crippen molar-refractivity contribution in [2.24, 2.45) is 11.8 Å². The van der Waals surface area contributed by atoms with Crippen molar-refractivity contribution in [1.82, 2.24) is 9.80 Å². The minimum atomic E-state index is -0.114. The van der Waals surface area contributed by atoms with E-state index in [9.17, 15) is 9.59 Å². The first-order chi connectivity index (χ1) is 13.0. The van der Waals surface area contributed by atoms with Crippen LogP contribution in [-0.4, -0.2) is 61.6 Å². The summed E-state index contributed by atoms with van der Waals surface area (Å²) in [4.78, 5) is 28.4. The van der Waals surface area contributed by atoms with Crippen LogP contribution in [0.25, 0.3) is 0 Å². The van der Waals surface area contributed by atoms with Crippen molar-refractivity contribution in [3.8, 4) is 0 Å². The Hall–Kier alpha value is -1.79. The predicted molar refractivity (Wildman–Crippen MR) is 106 cm³/mol. The summed E-state index contributed by atoms with van der Waals surface area (Å²) < 4.78 is 5.18. The number of methoxy groups -OCH3 is 1. The first-order valence-electron chi connectivity index (χ1n) is 9.55. The van der Waals surface area contributed by atoms with Gasteiger partial charge in [0.1, 0.15) is 0 Å². The molecule has 148 valence electrons. The Balaban J connectivity index is 1.46. The van der Waals surface area contributed by atoms with E-state index in [4.69, 9.17) is 16.3 Å². The number of likely N-dealkylation sites (tertiary alicyclic amines) is 2. The van der Waals surface area contributed by atoms with Crippen LogP contribution in [0.3, 0.4) is 0 Å². The van der Waals surface area contributed by atoms with Gasteiger partial charge in [0, 0.05) is 45.6 Å². The van der Waals surface area contributed by atoms with Gasteiger partial charge in [-0.1, -0.05) is 17.7 Å². The van der Waals surface area contributed by atoms with E-state index in [0.717, 1.165) is 31.5 Å². The molecule has 2 fully saturated rings. The fraction of sp³-hybridized carbons (Fsp3) is 0.600. The maximum absolute atomic E-state index is 12.5. The Labute approximate surface area is 165 Å². The normalized spacial score (nSPS) is 21.0. The average molecular weight is 394 g/mol. The van der Waals surface area contributed by atoms with Crippen molar-refractivity contribution in [2.75, 3.05) is 45.2 Å². The van der Waals surface area contributed by atoms with E-state index < -0.39 is 0 Å². The highest BCUT2D eigenvalue weighted by Gasteiger charge is 2.32. The maximum Gasteiger partial charge on any atom is 0.321 e. The van der Waals surface area contributed by atoms with Crippen LogP contribution >= 0.6 is 11.6 Å². The van der Waals surface area contributed by atoms with Gasteiger partial charge in [-0.05, 0) is 43.4 Å².